The number of hydrogen-bond acceptors (Lipinski definition) is 1. The smallest absolute Gasteiger partial charge is 0.311 e. The molecule has 3 rings (SSSR count). The van der Waals surface area contributed by atoms with Crippen LogP contribution in [0.5, 0.6) is 0 Å². The van der Waals surface area contributed by atoms with E-state index in [0.717, 1.165) is 22.9 Å². The van der Waals surface area contributed by atoms with Crippen LogP contribution in [0.2, 0.25) is 0 Å². The first-order valence-electron chi connectivity index (χ1n) is 8.74. The van der Waals surface area contributed by atoms with Gasteiger partial charge in [0.25, 0.3) is 0 Å². The first-order valence-corrected chi connectivity index (χ1v) is 8.74. The summed E-state index contributed by atoms with van der Waals surface area (Å²) in [6.07, 6.45) is 3.18. The standard InChI is InChI=1S/C22H25NO2/c1-22(2,3)16-11-8-15(9-12-16)10-13-18(21(24)25)19-14-23-20-7-5-4-6-17(19)20/h4-9,11-12,14,18,23H,10,13H2,1-3H3,(H,24,25). The van der Waals surface area contributed by atoms with E-state index in [0.29, 0.717) is 6.42 Å². The topological polar surface area (TPSA) is 53.1 Å². The highest BCUT2D eigenvalue weighted by Gasteiger charge is 2.23. The summed E-state index contributed by atoms with van der Waals surface area (Å²) in [5.41, 5.74) is 4.46. The van der Waals surface area contributed by atoms with Crippen molar-refractivity contribution in [2.75, 3.05) is 0 Å². The maximum atomic E-state index is 11.8. The number of aromatic amines is 1. The average molecular weight is 335 g/mol. The van der Waals surface area contributed by atoms with Gasteiger partial charge in [-0.25, -0.2) is 0 Å². The van der Waals surface area contributed by atoms with Crippen molar-refractivity contribution in [3.63, 3.8) is 0 Å². The summed E-state index contributed by atoms with van der Waals surface area (Å²) in [5, 5.41) is 10.7. The summed E-state index contributed by atoms with van der Waals surface area (Å²) in [6, 6.07) is 16.4. The minimum atomic E-state index is -0.768. The molecule has 1 atom stereocenters. The maximum Gasteiger partial charge on any atom is 0.311 e. The third-order valence-electron chi connectivity index (χ3n) is 4.84. The largest absolute Gasteiger partial charge is 0.481 e. The second-order valence-electron chi connectivity index (χ2n) is 7.67. The Morgan fingerprint density at radius 1 is 1.08 bits per heavy atom. The van der Waals surface area contributed by atoms with E-state index in [1.54, 1.807) is 0 Å². The van der Waals surface area contributed by atoms with Crippen molar-refractivity contribution >= 4 is 16.9 Å². The first kappa shape index (κ1) is 17.3. The van der Waals surface area contributed by atoms with E-state index in [-0.39, 0.29) is 5.41 Å². The third-order valence-corrected chi connectivity index (χ3v) is 4.84. The van der Waals surface area contributed by atoms with Gasteiger partial charge in [-0.15, -0.1) is 0 Å². The summed E-state index contributed by atoms with van der Waals surface area (Å²) in [4.78, 5) is 15.0. The van der Waals surface area contributed by atoms with Crippen molar-refractivity contribution in [1.29, 1.82) is 0 Å². The Kier molecular flexibility index (Phi) is 4.67. The molecule has 0 saturated heterocycles. The van der Waals surface area contributed by atoms with Crippen molar-refractivity contribution < 1.29 is 9.90 Å². The number of carboxylic acid groups (broad SMARTS) is 1. The van der Waals surface area contributed by atoms with Crippen LogP contribution in [0.3, 0.4) is 0 Å². The number of benzene rings is 2. The van der Waals surface area contributed by atoms with Gasteiger partial charge in [0, 0.05) is 17.1 Å². The van der Waals surface area contributed by atoms with Gasteiger partial charge in [-0.3, -0.25) is 4.79 Å². The number of aryl methyl sites for hydroxylation is 1. The van der Waals surface area contributed by atoms with Gasteiger partial charge in [0.05, 0.1) is 5.92 Å². The van der Waals surface area contributed by atoms with Crippen LogP contribution in [0.15, 0.2) is 54.7 Å². The Labute approximate surface area is 148 Å². The second-order valence-corrected chi connectivity index (χ2v) is 7.67. The molecule has 0 fully saturated rings. The molecule has 1 unspecified atom stereocenters. The van der Waals surface area contributed by atoms with Crippen molar-refractivity contribution in [2.24, 2.45) is 0 Å². The van der Waals surface area contributed by atoms with Gasteiger partial charge < -0.3 is 10.1 Å². The minimum Gasteiger partial charge on any atom is -0.481 e. The zero-order chi connectivity index (χ0) is 18.0. The van der Waals surface area contributed by atoms with E-state index < -0.39 is 11.9 Å². The third kappa shape index (κ3) is 3.76. The summed E-state index contributed by atoms with van der Waals surface area (Å²) >= 11 is 0. The lowest BCUT2D eigenvalue weighted by Crippen LogP contribution is -2.13. The van der Waals surface area contributed by atoms with Crippen LogP contribution in [0.4, 0.5) is 0 Å². The lowest BCUT2D eigenvalue weighted by Gasteiger charge is -2.19. The minimum absolute atomic E-state index is 0.131. The predicted octanol–water partition coefficient (Wildman–Crippen LogP) is 5.27. The van der Waals surface area contributed by atoms with Crippen LogP contribution in [-0.2, 0) is 16.6 Å². The first-order chi connectivity index (χ1) is 11.9. The van der Waals surface area contributed by atoms with Gasteiger partial charge in [0.2, 0.25) is 0 Å². The summed E-state index contributed by atoms with van der Waals surface area (Å²) in [6.45, 7) is 6.58. The number of H-pyrrole nitrogens is 1. The summed E-state index contributed by atoms with van der Waals surface area (Å²) in [7, 11) is 0. The van der Waals surface area contributed by atoms with E-state index in [1.807, 2.05) is 30.5 Å². The van der Waals surface area contributed by atoms with E-state index in [4.69, 9.17) is 0 Å². The van der Waals surface area contributed by atoms with Crippen LogP contribution < -0.4 is 0 Å². The number of aliphatic carboxylic acids is 1. The van der Waals surface area contributed by atoms with Gasteiger partial charge in [0.1, 0.15) is 0 Å². The summed E-state index contributed by atoms with van der Waals surface area (Å²) in [5.74, 6) is -1.27. The SMILES string of the molecule is CC(C)(C)c1ccc(CCC(C(=O)O)c2c[nH]c3ccccc23)cc1. The highest BCUT2D eigenvalue weighted by Crippen LogP contribution is 2.30. The fraction of sp³-hybridized carbons (Fsp3) is 0.318. The molecule has 3 aromatic rings. The molecule has 3 nitrogen and oxygen atoms in total. The molecular formula is C22H25NO2. The number of hydrogen-bond donors (Lipinski definition) is 2. The fourth-order valence-corrected chi connectivity index (χ4v) is 3.28. The number of fused-ring (bicyclic) bond motifs is 1. The molecule has 0 amide bonds. The van der Waals surface area contributed by atoms with Crippen molar-refractivity contribution in [3.05, 3.63) is 71.4 Å². The number of aromatic nitrogens is 1. The normalized spacial score (nSPS) is 13.1. The van der Waals surface area contributed by atoms with Gasteiger partial charge in [-0.1, -0.05) is 63.2 Å². The van der Waals surface area contributed by atoms with E-state index >= 15 is 0 Å². The fourth-order valence-electron chi connectivity index (χ4n) is 3.28. The molecule has 2 N–H and O–H groups in total. The molecule has 0 saturated carbocycles. The van der Waals surface area contributed by atoms with E-state index in [2.05, 4.69) is 50.0 Å². The molecule has 0 aliphatic carbocycles. The molecule has 0 aliphatic heterocycles. The second kappa shape index (κ2) is 6.75. The van der Waals surface area contributed by atoms with Crippen molar-refractivity contribution in [3.8, 4) is 0 Å². The molecular weight excluding hydrogens is 310 g/mol. The molecule has 2 aromatic carbocycles. The molecule has 0 aliphatic rings. The van der Waals surface area contributed by atoms with Crippen LogP contribution >= 0.6 is 0 Å². The molecule has 0 spiro atoms. The monoisotopic (exact) mass is 335 g/mol. The highest BCUT2D eigenvalue weighted by molar-refractivity contribution is 5.89. The zero-order valence-corrected chi connectivity index (χ0v) is 15.0. The number of nitrogens with one attached hydrogen (secondary N) is 1. The Morgan fingerprint density at radius 2 is 1.76 bits per heavy atom. The highest BCUT2D eigenvalue weighted by atomic mass is 16.4. The van der Waals surface area contributed by atoms with Gasteiger partial charge in [0.15, 0.2) is 0 Å². The van der Waals surface area contributed by atoms with Gasteiger partial charge in [-0.2, -0.15) is 0 Å². The average Bonchev–Trinajstić information content (AvgIpc) is 2.98. The molecule has 0 bridgehead atoms. The number of carboxylic acids is 1. The molecule has 25 heavy (non-hydrogen) atoms. The van der Waals surface area contributed by atoms with Crippen LogP contribution in [0.1, 0.15) is 49.8 Å². The van der Waals surface area contributed by atoms with E-state index in [1.165, 1.54) is 11.1 Å². The summed E-state index contributed by atoms with van der Waals surface area (Å²) < 4.78 is 0. The lowest BCUT2D eigenvalue weighted by atomic mass is 9.86. The Morgan fingerprint density at radius 3 is 2.40 bits per heavy atom. The molecule has 130 valence electrons. The van der Waals surface area contributed by atoms with E-state index in [9.17, 15) is 9.90 Å². The number of para-hydroxylation sites is 1. The van der Waals surface area contributed by atoms with Crippen molar-refractivity contribution in [1.82, 2.24) is 4.98 Å². The van der Waals surface area contributed by atoms with Crippen LogP contribution in [-0.4, -0.2) is 16.1 Å². The zero-order valence-electron chi connectivity index (χ0n) is 15.0. The number of rotatable bonds is 5. The number of carbonyl (C=O) groups is 1. The van der Waals surface area contributed by atoms with Crippen LogP contribution in [0.25, 0.3) is 10.9 Å². The van der Waals surface area contributed by atoms with Crippen LogP contribution in [0, 0.1) is 0 Å². The van der Waals surface area contributed by atoms with Gasteiger partial charge in [-0.05, 0) is 41.0 Å². The maximum absolute atomic E-state index is 11.8. The Bertz CT molecular complexity index is 869. The Hall–Kier alpha value is -2.55. The predicted molar refractivity (Wildman–Crippen MR) is 102 cm³/mol. The Balaban J connectivity index is 1.78. The molecule has 3 heteroatoms. The molecule has 1 aromatic heterocycles. The lowest BCUT2D eigenvalue weighted by molar-refractivity contribution is -0.138. The van der Waals surface area contributed by atoms with Crippen molar-refractivity contribution in [2.45, 2.75) is 44.9 Å². The molecule has 1 heterocycles. The van der Waals surface area contributed by atoms with Gasteiger partial charge >= 0.3 is 5.97 Å². The quantitative estimate of drug-likeness (QED) is 0.667. The molecule has 0 radical (unpaired) electrons.